The van der Waals surface area contributed by atoms with Crippen molar-refractivity contribution in [1.82, 2.24) is 19.5 Å². The van der Waals surface area contributed by atoms with Crippen molar-refractivity contribution in [2.45, 2.75) is 0 Å². The Morgan fingerprint density at radius 1 is 0.318 bits per heavy atom. The zero-order chi connectivity index (χ0) is 43.3. The zero-order valence-electron chi connectivity index (χ0n) is 35.5. The maximum absolute atomic E-state index is 6.81. The minimum Gasteiger partial charge on any atom is -0.455 e. The molecule has 14 aromatic rings. The van der Waals surface area contributed by atoms with Crippen molar-refractivity contribution in [3.8, 4) is 51.0 Å². The van der Waals surface area contributed by atoms with Crippen molar-refractivity contribution in [3.05, 3.63) is 218 Å². The molecular weight excluding hydrogens is 805 g/mol. The molecule has 306 valence electrons. The molecule has 11 aromatic carbocycles. The first-order chi connectivity index (χ1) is 32.7. The summed E-state index contributed by atoms with van der Waals surface area (Å²) >= 11 is 0. The summed E-state index contributed by atoms with van der Waals surface area (Å²) in [6.07, 6.45) is 0. The van der Waals surface area contributed by atoms with Crippen molar-refractivity contribution in [2.24, 2.45) is 0 Å². The Hall–Kier alpha value is -8.93. The first-order valence-corrected chi connectivity index (χ1v) is 22.3. The van der Waals surface area contributed by atoms with Gasteiger partial charge in [-0.25, -0.2) is 15.0 Å². The molecule has 66 heavy (non-hydrogen) atoms. The molecular formula is C61H36N4O. The van der Waals surface area contributed by atoms with E-state index in [0.717, 1.165) is 88.0 Å². The van der Waals surface area contributed by atoms with Crippen molar-refractivity contribution in [3.63, 3.8) is 0 Å². The van der Waals surface area contributed by atoms with Crippen LogP contribution in [0.5, 0.6) is 0 Å². The second-order valence-corrected chi connectivity index (χ2v) is 17.1. The van der Waals surface area contributed by atoms with Crippen LogP contribution in [0, 0.1) is 0 Å². The summed E-state index contributed by atoms with van der Waals surface area (Å²) in [6.45, 7) is 0. The first kappa shape index (κ1) is 36.5. The Bertz CT molecular complexity index is 4300. The highest BCUT2D eigenvalue weighted by Crippen LogP contribution is 2.46. The third-order valence-electron chi connectivity index (χ3n) is 13.4. The van der Waals surface area contributed by atoms with Gasteiger partial charge in [-0.05, 0) is 97.4 Å². The second kappa shape index (κ2) is 14.3. The van der Waals surface area contributed by atoms with Gasteiger partial charge in [-0.2, -0.15) is 0 Å². The smallest absolute Gasteiger partial charge is 0.164 e. The Balaban J connectivity index is 1.10. The number of aromatic nitrogens is 4. The van der Waals surface area contributed by atoms with Crippen molar-refractivity contribution in [1.29, 1.82) is 0 Å². The first-order valence-electron chi connectivity index (χ1n) is 22.3. The van der Waals surface area contributed by atoms with Crippen molar-refractivity contribution >= 4 is 86.8 Å². The topological polar surface area (TPSA) is 56.7 Å². The van der Waals surface area contributed by atoms with Crippen LogP contribution in [0.2, 0.25) is 0 Å². The zero-order valence-corrected chi connectivity index (χ0v) is 35.5. The highest BCUT2D eigenvalue weighted by Gasteiger charge is 2.23. The maximum Gasteiger partial charge on any atom is 0.164 e. The molecule has 0 radical (unpaired) electrons. The van der Waals surface area contributed by atoms with Gasteiger partial charge in [0.05, 0.1) is 11.0 Å². The van der Waals surface area contributed by atoms with Crippen LogP contribution in [0.25, 0.3) is 138 Å². The summed E-state index contributed by atoms with van der Waals surface area (Å²) in [5.41, 5.74) is 9.78. The van der Waals surface area contributed by atoms with Gasteiger partial charge in [0.25, 0.3) is 0 Å². The Morgan fingerprint density at radius 2 is 0.970 bits per heavy atom. The quantitative estimate of drug-likeness (QED) is 0.162. The molecule has 0 aliphatic heterocycles. The van der Waals surface area contributed by atoms with E-state index in [9.17, 15) is 0 Å². The summed E-state index contributed by atoms with van der Waals surface area (Å²) in [5, 5.41) is 13.7. The van der Waals surface area contributed by atoms with Crippen LogP contribution in [-0.2, 0) is 0 Å². The Morgan fingerprint density at radius 3 is 1.82 bits per heavy atom. The Labute approximate surface area is 378 Å². The number of hydrogen-bond donors (Lipinski definition) is 0. The summed E-state index contributed by atoms with van der Waals surface area (Å²) in [5.74, 6) is 1.80. The number of nitrogens with zero attached hydrogens (tertiary/aromatic N) is 4. The van der Waals surface area contributed by atoms with Crippen LogP contribution in [0.3, 0.4) is 0 Å². The van der Waals surface area contributed by atoms with Gasteiger partial charge in [-0.1, -0.05) is 170 Å². The van der Waals surface area contributed by atoms with Crippen molar-refractivity contribution in [2.75, 3.05) is 0 Å². The van der Waals surface area contributed by atoms with E-state index in [0.29, 0.717) is 17.5 Å². The van der Waals surface area contributed by atoms with Gasteiger partial charge < -0.3 is 8.98 Å². The molecule has 0 bridgehead atoms. The predicted octanol–water partition coefficient (Wildman–Crippen LogP) is 16.1. The van der Waals surface area contributed by atoms with Crippen LogP contribution in [0.1, 0.15) is 0 Å². The van der Waals surface area contributed by atoms with Gasteiger partial charge in [0.1, 0.15) is 11.2 Å². The molecule has 0 aliphatic rings. The molecule has 3 heterocycles. The highest BCUT2D eigenvalue weighted by molar-refractivity contribution is 6.22. The third-order valence-corrected chi connectivity index (χ3v) is 13.4. The minimum absolute atomic E-state index is 0.584. The fourth-order valence-corrected chi connectivity index (χ4v) is 10.4. The van der Waals surface area contributed by atoms with E-state index in [4.69, 9.17) is 19.4 Å². The van der Waals surface area contributed by atoms with E-state index in [-0.39, 0.29) is 0 Å². The van der Waals surface area contributed by atoms with Gasteiger partial charge in [0.2, 0.25) is 0 Å². The fourth-order valence-electron chi connectivity index (χ4n) is 10.4. The molecule has 0 saturated heterocycles. The molecule has 3 aromatic heterocycles. The molecule has 0 saturated carbocycles. The summed E-state index contributed by atoms with van der Waals surface area (Å²) in [6, 6.07) is 77.5. The molecule has 0 amide bonds. The van der Waals surface area contributed by atoms with E-state index < -0.39 is 0 Å². The lowest BCUT2D eigenvalue weighted by molar-refractivity contribution is 0.673. The number of para-hydroxylation sites is 2. The summed E-state index contributed by atoms with van der Waals surface area (Å²) in [4.78, 5) is 16.1. The number of fused-ring (bicyclic) bond motifs is 12. The molecule has 0 aliphatic carbocycles. The molecule has 0 fully saturated rings. The largest absolute Gasteiger partial charge is 0.455 e. The lowest BCUT2D eigenvalue weighted by atomic mass is 9.91. The van der Waals surface area contributed by atoms with E-state index >= 15 is 0 Å². The maximum atomic E-state index is 6.81. The van der Waals surface area contributed by atoms with Crippen LogP contribution < -0.4 is 0 Å². The molecule has 0 spiro atoms. The number of rotatable bonds is 5. The normalized spacial score (nSPS) is 11.9. The number of furan rings is 1. The van der Waals surface area contributed by atoms with Crippen LogP contribution in [0.15, 0.2) is 223 Å². The van der Waals surface area contributed by atoms with Gasteiger partial charge in [0, 0.05) is 49.3 Å². The SMILES string of the molecule is c1ccc(-c2nc(-c3ccc(-n4c5ccccc5c5cc6ccccc6cc54)cc3-c3cc4ccccc4c4oc5ccccc5c34)nc(-c3cccc4c3ccc3ccccc34)n2)cc1. The Kier molecular flexibility index (Phi) is 7.91. The minimum atomic E-state index is 0.584. The number of benzene rings is 11. The van der Waals surface area contributed by atoms with Gasteiger partial charge in [-0.3, -0.25) is 0 Å². The van der Waals surface area contributed by atoms with Gasteiger partial charge >= 0.3 is 0 Å². The van der Waals surface area contributed by atoms with E-state index in [1.807, 2.05) is 24.3 Å². The molecule has 14 rings (SSSR count). The summed E-state index contributed by atoms with van der Waals surface area (Å²) in [7, 11) is 0. The van der Waals surface area contributed by atoms with Crippen LogP contribution >= 0.6 is 0 Å². The van der Waals surface area contributed by atoms with E-state index in [1.54, 1.807) is 0 Å². The fraction of sp³-hybridized carbons (Fsp3) is 0. The van der Waals surface area contributed by atoms with Crippen molar-refractivity contribution < 1.29 is 4.42 Å². The standard InChI is InChI=1S/C61H36N4O/c1-2-16-38(17-3-1)59-62-60(48-26-14-25-45-43-21-8-6-15-37(43)29-31-46(45)48)64-61(63-59)49-32-30-42(65-54-27-12-10-23-47(54)52-33-39-18-4-5-19-40(39)35-55(52)65)36-51(49)53-34-41-20-7-9-22-44(41)58-57(53)50-24-11-13-28-56(50)66-58/h1-36H. The van der Waals surface area contributed by atoms with E-state index in [2.05, 4.69) is 199 Å². The molecule has 0 unspecified atom stereocenters. The summed E-state index contributed by atoms with van der Waals surface area (Å²) < 4.78 is 9.22. The highest BCUT2D eigenvalue weighted by atomic mass is 16.3. The lowest BCUT2D eigenvalue weighted by Gasteiger charge is -2.17. The second-order valence-electron chi connectivity index (χ2n) is 17.1. The predicted molar refractivity (Wildman–Crippen MR) is 273 cm³/mol. The average molecular weight is 841 g/mol. The third kappa shape index (κ3) is 5.57. The molecule has 5 nitrogen and oxygen atoms in total. The van der Waals surface area contributed by atoms with Crippen LogP contribution in [-0.4, -0.2) is 19.5 Å². The molecule has 5 heteroatoms. The molecule has 0 N–H and O–H groups in total. The van der Waals surface area contributed by atoms with E-state index in [1.165, 1.54) is 32.3 Å². The lowest BCUT2D eigenvalue weighted by Crippen LogP contribution is -2.02. The van der Waals surface area contributed by atoms with Gasteiger partial charge in [0.15, 0.2) is 17.5 Å². The monoisotopic (exact) mass is 840 g/mol. The number of hydrogen-bond acceptors (Lipinski definition) is 4. The van der Waals surface area contributed by atoms with Crippen LogP contribution in [0.4, 0.5) is 0 Å². The van der Waals surface area contributed by atoms with Gasteiger partial charge in [-0.15, -0.1) is 0 Å². The molecule has 0 atom stereocenters. The average Bonchev–Trinajstić information content (AvgIpc) is 3.94.